The number of benzene rings is 1. The van der Waals surface area contributed by atoms with Crippen LogP contribution in [-0.2, 0) is 31.7 Å². The highest BCUT2D eigenvalue weighted by Crippen LogP contribution is 2.55. The summed E-state index contributed by atoms with van der Waals surface area (Å²) in [6, 6.07) is 8.65. The smallest absolute Gasteiger partial charge is 0.386 e. The third kappa shape index (κ3) is 25.5. The van der Waals surface area contributed by atoms with Gasteiger partial charge in [0.25, 0.3) is 0 Å². The molecule has 1 aromatic carbocycles. The van der Waals surface area contributed by atoms with Gasteiger partial charge < -0.3 is 13.6 Å². The van der Waals surface area contributed by atoms with Crippen LogP contribution in [0.15, 0.2) is 79.3 Å². The molecule has 0 aliphatic carbocycles. The van der Waals surface area contributed by atoms with E-state index in [-0.39, 0.29) is 34.6 Å². The van der Waals surface area contributed by atoms with E-state index in [4.69, 9.17) is 27.1 Å². The maximum atomic E-state index is 13.4. The Morgan fingerprint density at radius 2 is 0.939 bits per heavy atom. The van der Waals surface area contributed by atoms with Crippen LogP contribution in [0.1, 0.15) is 130 Å². The predicted molar refractivity (Wildman–Crippen MR) is 208 cm³/mol. The lowest BCUT2D eigenvalue weighted by atomic mass is 9.90. The molecule has 10 heteroatoms. The van der Waals surface area contributed by atoms with Gasteiger partial charge >= 0.3 is 15.6 Å². The Morgan fingerprint density at radius 1 is 0.633 bits per heavy atom. The van der Waals surface area contributed by atoms with Crippen molar-refractivity contribution in [1.82, 2.24) is 0 Å². The third-order valence-corrected chi connectivity index (χ3v) is 9.15. The van der Waals surface area contributed by atoms with Crippen molar-refractivity contribution < 1.29 is 36.3 Å². The van der Waals surface area contributed by atoms with E-state index in [0.29, 0.717) is 17.3 Å². The van der Waals surface area contributed by atoms with E-state index in [2.05, 4.69) is 75.5 Å². The summed E-state index contributed by atoms with van der Waals surface area (Å²) >= 11 is 0. The van der Waals surface area contributed by atoms with E-state index in [9.17, 15) is 9.13 Å². The molecule has 3 unspecified atom stereocenters. The fourth-order valence-electron chi connectivity index (χ4n) is 4.77. The van der Waals surface area contributed by atoms with E-state index in [1.54, 1.807) is 50.3 Å². The van der Waals surface area contributed by atoms with Crippen LogP contribution < -0.4 is 4.52 Å². The molecule has 0 aromatic heterocycles. The molecule has 0 saturated heterocycles. The summed E-state index contributed by atoms with van der Waals surface area (Å²) in [7, 11) is -7.54. The third-order valence-electron chi connectivity index (χ3n) is 5.99. The lowest BCUT2D eigenvalue weighted by Crippen LogP contribution is -2.24. The van der Waals surface area contributed by atoms with Crippen molar-refractivity contribution in [2.45, 2.75) is 148 Å². The van der Waals surface area contributed by atoms with E-state index in [1.165, 1.54) is 12.2 Å². The van der Waals surface area contributed by atoms with Crippen LogP contribution in [0.4, 0.5) is 0 Å². The minimum atomic E-state index is -3.90. The van der Waals surface area contributed by atoms with Gasteiger partial charge in [-0.3, -0.25) is 13.6 Å². The highest BCUT2D eigenvalue weighted by Gasteiger charge is 2.37. The van der Waals surface area contributed by atoms with Gasteiger partial charge in [-0.25, -0.2) is 4.57 Å². The molecule has 1 rings (SSSR count). The van der Waals surface area contributed by atoms with Gasteiger partial charge in [0.15, 0.2) is 0 Å². The normalized spacial score (nSPS) is 16.9. The average molecular weight is 729 g/mol. The zero-order valence-electron chi connectivity index (χ0n) is 33.6. The van der Waals surface area contributed by atoms with Crippen LogP contribution in [0, 0.1) is 16.2 Å². The van der Waals surface area contributed by atoms with Crippen molar-refractivity contribution in [2.75, 3.05) is 0 Å². The molecule has 0 radical (unpaired) electrons. The molecule has 0 bridgehead atoms. The number of phosphoric ester groups is 2. The molecule has 8 nitrogen and oxygen atoms in total. The van der Waals surface area contributed by atoms with Crippen molar-refractivity contribution in [3.8, 4) is 5.75 Å². The highest BCUT2D eigenvalue weighted by atomic mass is 31.2. The Morgan fingerprint density at radius 3 is 1.18 bits per heavy atom. The quantitative estimate of drug-likeness (QED) is 0.0889. The first kappa shape index (κ1) is 49.0. The summed E-state index contributed by atoms with van der Waals surface area (Å²) in [5, 5.41) is 0. The summed E-state index contributed by atoms with van der Waals surface area (Å²) in [5.74, 6) is 0.974. The second-order valence-corrected chi connectivity index (χ2v) is 18.3. The maximum absolute atomic E-state index is 13.4. The van der Waals surface area contributed by atoms with E-state index >= 15 is 0 Å². The molecule has 49 heavy (non-hydrogen) atoms. The van der Waals surface area contributed by atoms with Crippen LogP contribution in [0.2, 0.25) is 0 Å². The van der Waals surface area contributed by atoms with Crippen LogP contribution in [-0.4, -0.2) is 18.3 Å². The number of hydrogen-bond acceptors (Lipinski definition) is 8. The van der Waals surface area contributed by atoms with Gasteiger partial charge in [0.05, 0.1) is 18.3 Å². The molecule has 0 N–H and O–H groups in total. The molecular weight excluding hydrogens is 658 g/mol. The molecule has 0 aliphatic rings. The molecule has 0 heterocycles. The summed E-state index contributed by atoms with van der Waals surface area (Å²) in [4.78, 5) is 0. The number of rotatable bonds is 17. The minimum absolute atomic E-state index is 0.0816. The Hall–Kier alpha value is -2.08. The molecule has 1 aromatic rings. The molecule has 0 aliphatic heterocycles. The number of allylic oxidation sites excluding steroid dienone is 4. The second kappa shape index (κ2) is 22.7. The van der Waals surface area contributed by atoms with E-state index in [1.807, 2.05) is 40.7 Å². The Kier molecular flexibility index (Phi) is 22.7. The van der Waals surface area contributed by atoms with Crippen molar-refractivity contribution >= 4 is 15.6 Å². The Labute approximate surface area is 301 Å². The minimum Gasteiger partial charge on any atom is -0.386 e. The summed E-state index contributed by atoms with van der Waals surface area (Å²) in [5.41, 5.74) is 0.245. The zero-order valence-corrected chi connectivity index (χ0v) is 35.4. The van der Waals surface area contributed by atoms with Crippen LogP contribution >= 0.6 is 15.6 Å². The standard InChI is InChI=1S/C21H45O4P.C16H19O4P.C2H6/c1-16(13-19(4,5)6)23-26(22,24-17(2)14-20(7,8)9)25-18(3)15-21(10,11)12;1-5-14(6-2)18-21(17,19-15(7-3)8-4)20-16-12-10-9-11-13-16;1-2/h16-18H,13-15H2,1-12H3;5-13H,1,3H2,2,4H3;1-2H3/b;14-6+,15-8+;. The van der Waals surface area contributed by atoms with Crippen molar-refractivity contribution in [2.24, 2.45) is 16.2 Å². The van der Waals surface area contributed by atoms with Crippen molar-refractivity contribution in [1.29, 1.82) is 0 Å². The van der Waals surface area contributed by atoms with Gasteiger partial charge in [-0.2, -0.15) is 4.57 Å². The van der Waals surface area contributed by atoms with Gasteiger partial charge in [-0.15, -0.1) is 0 Å². The molecule has 0 spiro atoms. The fraction of sp³-hybridized carbons (Fsp3) is 0.641. The zero-order chi connectivity index (χ0) is 38.7. The molecular formula is C39H70O8P2. The van der Waals surface area contributed by atoms with E-state index in [0.717, 1.165) is 19.3 Å². The molecule has 284 valence electrons. The largest absolute Gasteiger partial charge is 0.647 e. The first-order chi connectivity index (χ1) is 22.4. The van der Waals surface area contributed by atoms with Gasteiger partial charge in [-0.1, -0.05) is 108 Å². The van der Waals surface area contributed by atoms with Crippen molar-refractivity contribution in [3.05, 3.63) is 79.3 Å². The molecule has 0 fully saturated rings. The highest BCUT2D eigenvalue weighted by molar-refractivity contribution is 7.49. The van der Waals surface area contributed by atoms with Gasteiger partial charge in [-0.05, 0) is 107 Å². The first-order valence-electron chi connectivity index (χ1n) is 17.3. The molecule has 0 saturated carbocycles. The SMILES string of the molecule is C=C/C(=C\C)OP(=O)(O/C(C=C)=C/C)Oc1ccccc1.CC.CC(CC(C)(C)C)OP(=O)(OC(C)CC(C)(C)C)OC(C)CC(C)(C)C. The number of hydrogen-bond donors (Lipinski definition) is 0. The van der Waals surface area contributed by atoms with Crippen LogP contribution in [0.25, 0.3) is 0 Å². The lowest BCUT2D eigenvalue weighted by Gasteiger charge is -2.32. The summed E-state index contributed by atoms with van der Waals surface area (Å²) < 4.78 is 60.0. The fourth-order valence-corrected chi connectivity index (χ4v) is 7.84. The van der Waals surface area contributed by atoms with Crippen LogP contribution in [0.3, 0.4) is 0 Å². The van der Waals surface area contributed by atoms with E-state index < -0.39 is 15.6 Å². The molecule has 3 atom stereocenters. The maximum Gasteiger partial charge on any atom is 0.647 e. The second-order valence-electron chi connectivity index (χ2n) is 15.3. The first-order valence-corrected chi connectivity index (χ1v) is 20.3. The average Bonchev–Trinajstić information content (AvgIpc) is 2.93. The topological polar surface area (TPSA) is 89.5 Å². The lowest BCUT2D eigenvalue weighted by molar-refractivity contribution is 0.0173. The predicted octanol–water partition coefficient (Wildman–Crippen LogP) is 14.0. The van der Waals surface area contributed by atoms with Gasteiger partial charge in [0, 0.05) is 0 Å². The van der Waals surface area contributed by atoms with Gasteiger partial charge in [0.1, 0.15) is 17.3 Å². The summed E-state index contributed by atoms with van der Waals surface area (Å²) in [6.07, 6.45) is 7.81. The Bertz CT molecular complexity index is 1140. The number of phosphoric acid groups is 2. The van der Waals surface area contributed by atoms with Crippen LogP contribution in [0.5, 0.6) is 5.75 Å². The number of para-hydroxylation sites is 1. The Balaban J connectivity index is 0. The molecule has 0 amide bonds. The summed E-state index contributed by atoms with van der Waals surface area (Å²) in [6.45, 7) is 39.7. The monoisotopic (exact) mass is 728 g/mol. The van der Waals surface area contributed by atoms with Gasteiger partial charge in [0.2, 0.25) is 0 Å². The van der Waals surface area contributed by atoms with Crippen molar-refractivity contribution in [3.63, 3.8) is 0 Å².